The lowest BCUT2D eigenvalue weighted by Gasteiger charge is -2.10. The van der Waals surface area contributed by atoms with E-state index >= 15 is 0 Å². The molecule has 3 heterocycles. The molecule has 1 saturated heterocycles. The number of nitrogens with one attached hydrogen (secondary N) is 1. The van der Waals surface area contributed by atoms with Crippen LogP contribution in [0.15, 0.2) is 36.7 Å². The van der Waals surface area contributed by atoms with Crippen LogP contribution in [0, 0.1) is 0 Å². The summed E-state index contributed by atoms with van der Waals surface area (Å²) in [5.74, 6) is 2.33. The molecule has 0 spiro atoms. The summed E-state index contributed by atoms with van der Waals surface area (Å²) in [6, 6.07) is 10.2. The van der Waals surface area contributed by atoms with E-state index in [4.69, 9.17) is 9.72 Å². The standard InChI is InChI=1S/C18H21N5O/c1-23-16-5-3-2-4-14(16)22-18(23)6-8-19-17-10-15(20-12-21-17)13-7-9-24-11-13/h2-5,10,12-13H,6-9,11H2,1H3,(H,19,20,21)/t13-/m0/s1. The van der Waals surface area contributed by atoms with E-state index in [0.717, 1.165) is 61.0 Å². The molecule has 0 radical (unpaired) electrons. The molecule has 0 unspecified atom stereocenters. The van der Waals surface area contributed by atoms with Gasteiger partial charge in [0.15, 0.2) is 0 Å². The summed E-state index contributed by atoms with van der Waals surface area (Å²) in [6.45, 7) is 2.37. The minimum atomic E-state index is 0.397. The fourth-order valence-electron chi connectivity index (χ4n) is 3.18. The number of ether oxygens (including phenoxy) is 1. The molecule has 0 saturated carbocycles. The van der Waals surface area contributed by atoms with Crippen molar-refractivity contribution in [3.05, 3.63) is 48.2 Å². The van der Waals surface area contributed by atoms with Crippen LogP contribution in [0.4, 0.5) is 5.82 Å². The van der Waals surface area contributed by atoms with E-state index in [0.29, 0.717) is 5.92 Å². The summed E-state index contributed by atoms with van der Waals surface area (Å²) in [5.41, 5.74) is 3.27. The zero-order valence-electron chi connectivity index (χ0n) is 13.8. The second-order valence-electron chi connectivity index (χ2n) is 6.14. The Kier molecular flexibility index (Phi) is 4.13. The highest BCUT2D eigenvalue weighted by molar-refractivity contribution is 5.75. The number of hydrogen-bond acceptors (Lipinski definition) is 5. The van der Waals surface area contributed by atoms with Crippen LogP contribution in [0.3, 0.4) is 0 Å². The van der Waals surface area contributed by atoms with Crippen molar-refractivity contribution in [2.75, 3.05) is 25.1 Å². The average Bonchev–Trinajstić information content (AvgIpc) is 3.25. The molecule has 24 heavy (non-hydrogen) atoms. The smallest absolute Gasteiger partial charge is 0.129 e. The van der Waals surface area contributed by atoms with Gasteiger partial charge in [0.25, 0.3) is 0 Å². The third kappa shape index (κ3) is 2.97. The number of benzene rings is 1. The Morgan fingerprint density at radius 2 is 2.21 bits per heavy atom. The van der Waals surface area contributed by atoms with Crippen molar-refractivity contribution in [2.24, 2.45) is 7.05 Å². The van der Waals surface area contributed by atoms with Crippen LogP contribution in [0.1, 0.15) is 23.9 Å². The number of para-hydroxylation sites is 2. The fourth-order valence-corrected chi connectivity index (χ4v) is 3.18. The lowest BCUT2D eigenvalue weighted by molar-refractivity contribution is 0.193. The lowest BCUT2D eigenvalue weighted by atomic mass is 10.1. The second-order valence-corrected chi connectivity index (χ2v) is 6.14. The third-order valence-electron chi connectivity index (χ3n) is 4.57. The average molecular weight is 323 g/mol. The molecule has 3 aromatic rings. The van der Waals surface area contributed by atoms with Gasteiger partial charge in [-0.15, -0.1) is 0 Å². The summed E-state index contributed by atoms with van der Waals surface area (Å²) in [5, 5.41) is 3.38. The summed E-state index contributed by atoms with van der Waals surface area (Å²) in [7, 11) is 2.06. The molecule has 1 aliphatic heterocycles. The van der Waals surface area contributed by atoms with Crippen LogP contribution in [-0.2, 0) is 18.2 Å². The molecule has 6 nitrogen and oxygen atoms in total. The third-order valence-corrected chi connectivity index (χ3v) is 4.57. The summed E-state index contributed by atoms with van der Waals surface area (Å²) in [6.07, 6.45) is 3.51. The van der Waals surface area contributed by atoms with Crippen LogP contribution in [0.5, 0.6) is 0 Å². The van der Waals surface area contributed by atoms with Crippen LogP contribution in [0.2, 0.25) is 0 Å². The highest BCUT2D eigenvalue weighted by atomic mass is 16.5. The number of hydrogen-bond donors (Lipinski definition) is 1. The van der Waals surface area contributed by atoms with E-state index in [1.807, 2.05) is 24.3 Å². The van der Waals surface area contributed by atoms with E-state index in [-0.39, 0.29) is 0 Å². The van der Waals surface area contributed by atoms with Gasteiger partial charge in [-0.25, -0.2) is 15.0 Å². The SMILES string of the molecule is Cn1c(CCNc2cc([C@H]3CCOC3)ncn2)nc2ccccc21. The molecule has 1 aliphatic rings. The van der Waals surface area contributed by atoms with Crippen molar-refractivity contribution in [3.8, 4) is 0 Å². The van der Waals surface area contributed by atoms with Gasteiger partial charge >= 0.3 is 0 Å². The van der Waals surface area contributed by atoms with Crippen molar-refractivity contribution < 1.29 is 4.74 Å². The summed E-state index contributed by atoms with van der Waals surface area (Å²) >= 11 is 0. The van der Waals surface area contributed by atoms with Crippen LogP contribution in [-0.4, -0.2) is 39.3 Å². The molecule has 124 valence electrons. The molecule has 1 N–H and O–H groups in total. The van der Waals surface area contributed by atoms with Gasteiger partial charge in [-0.2, -0.15) is 0 Å². The van der Waals surface area contributed by atoms with E-state index in [2.05, 4.69) is 33.0 Å². The largest absolute Gasteiger partial charge is 0.381 e. The number of aromatic nitrogens is 4. The van der Waals surface area contributed by atoms with E-state index < -0.39 is 0 Å². The zero-order valence-corrected chi connectivity index (χ0v) is 13.8. The van der Waals surface area contributed by atoms with E-state index in [1.165, 1.54) is 0 Å². The molecule has 0 amide bonds. The number of imidazole rings is 1. The van der Waals surface area contributed by atoms with Gasteiger partial charge in [0.05, 0.1) is 23.3 Å². The Labute approximate surface area is 140 Å². The van der Waals surface area contributed by atoms with Crippen molar-refractivity contribution in [2.45, 2.75) is 18.8 Å². The molecule has 1 atom stereocenters. The number of anilines is 1. The molecule has 4 rings (SSSR count). The van der Waals surface area contributed by atoms with Crippen LogP contribution in [0.25, 0.3) is 11.0 Å². The topological polar surface area (TPSA) is 64.9 Å². The Morgan fingerprint density at radius 1 is 1.29 bits per heavy atom. The number of aryl methyl sites for hydroxylation is 1. The maximum Gasteiger partial charge on any atom is 0.129 e. The number of nitrogens with zero attached hydrogens (tertiary/aromatic N) is 4. The van der Waals surface area contributed by atoms with Gasteiger partial charge in [0, 0.05) is 38.6 Å². The van der Waals surface area contributed by atoms with Gasteiger partial charge in [-0.1, -0.05) is 12.1 Å². The highest BCUT2D eigenvalue weighted by Crippen LogP contribution is 2.24. The first-order chi connectivity index (χ1) is 11.8. The van der Waals surface area contributed by atoms with Gasteiger partial charge in [-0.05, 0) is 18.6 Å². The first-order valence-corrected chi connectivity index (χ1v) is 8.35. The molecule has 0 bridgehead atoms. The predicted molar refractivity (Wildman–Crippen MR) is 93.1 cm³/mol. The summed E-state index contributed by atoms with van der Waals surface area (Å²) < 4.78 is 7.59. The number of rotatable bonds is 5. The van der Waals surface area contributed by atoms with Gasteiger partial charge < -0.3 is 14.6 Å². The Balaban J connectivity index is 1.41. The first kappa shape index (κ1) is 15.1. The Morgan fingerprint density at radius 3 is 3.04 bits per heavy atom. The van der Waals surface area contributed by atoms with Crippen molar-refractivity contribution in [1.82, 2.24) is 19.5 Å². The maximum absolute atomic E-state index is 5.44. The number of fused-ring (bicyclic) bond motifs is 1. The lowest BCUT2D eigenvalue weighted by Crippen LogP contribution is -2.11. The van der Waals surface area contributed by atoms with E-state index in [1.54, 1.807) is 6.33 Å². The van der Waals surface area contributed by atoms with Gasteiger partial charge in [0.1, 0.15) is 18.0 Å². The Bertz CT molecular complexity index is 838. The quantitative estimate of drug-likeness (QED) is 0.781. The molecular formula is C18H21N5O. The minimum absolute atomic E-state index is 0.397. The maximum atomic E-state index is 5.44. The monoisotopic (exact) mass is 323 g/mol. The normalized spacial score (nSPS) is 17.5. The van der Waals surface area contributed by atoms with Gasteiger partial charge in [-0.3, -0.25) is 0 Å². The van der Waals surface area contributed by atoms with Gasteiger partial charge in [0.2, 0.25) is 0 Å². The first-order valence-electron chi connectivity index (χ1n) is 8.35. The molecule has 2 aromatic heterocycles. The second kappa shape index (κ2) is 6.57. The molecule has 1 aromatic carbocycles. The molecule has 0 aliphatic carbocycles. The van der Waals surface area contributed by atoms with Crippen molar-refractivity contribution >= 4 is 16.9 Å². The Hall–Kier alpha value is -2.47. The molecule has 1 fully saturated rings. The summed E-state index contributed by atoms with van der Waals surface area (Å²) in [4.78, 5) is 13.4. The highest BCUT2D eigenvalue weighted by Gasteiger charge is 2.19. The van der Waals surface area contributed by atoms with Crippen molar-refractivity contribution in [1.29, 1.82) is 0 Å². The zero-order chi connectivity index (χ0) is 16.4. The van der Waals surface area contributed by atoms with E-state index in [9.17, 15) is 0 Å². The fraction of sp³-hybridized carbons (Fsp3) is 0.389. The predicted octanol–water partition coefficient (Wildman–Crippen LogP) is 2.52. The molecule has 6 heteroatoms. The molecular weight excluding hydrogens is 302 g/mol. The minimum Gasteiger partial charge on any atom is -0.381 e. The van der Waals surface area contributed by atoms with Crippen molar-refractivity contribution in [3.63, 3.8) is 0 Å². The van der Waals surface area contributed by atoms with Crippen LogP contribution >= 0.6 is 0 Å². The van der Waals surface area contributed by atoms with Crippen LogP contribution < -0.4 is 5.32 Å².